The number of fused-ring (bicyclic) bond motifs is 1. The van der Waals surface area contributed by atoms with Gasteiger partial charge in [-0.15, -0.1) is 11.3 Å². The van der Waals surface area contributed by atoms with E-state index in [1.165, 1.54) is 23.6 Å². The zero-order valence-corrected chi connectivity index (χ0v) is 6.84. The summed E-state index contributed by atoms with van der Waals surface area (Å²) in [6, 6.07) is 3.29. The quantitative estimate of drug-likeness (QED) is 0.728. The van der Waals surface area contributed by atoms with E-state index in [0.717, 1.165) is 10.2 Å². The highest BCUT2D eigenvalue weighted by atomic mass is 32.1. The molecular formula is C8H5NO2S. The van der Waals surface area contributed by atoms with Gasteiger partial charge >= 0.3 is 5.97 Å². The van der Waals surface area contributed by atoms with Crippen LogP contribution in [0.4, 0.5) is 0 Å². The zero-order valence-electron chi connectivity index (χ0n) is 6.02. The van der Waals surface area contributed by atoms with Crippen molar-refractivity contribution in [2.75, 3.05) is 0 Å². The summed E-state index contributed by atoms with van der Waals surface area (Å²) in [6.45, 7) is 0. The van der Waals surface area contributed by atoms with Gasteiger partial charge in [0.25, 0.3) is 0 Å². The van der Waals surface area contributed by atoms with Gasteiger partial charge in [-0.25, -0.2) is 9.78 Å². The number of pyridine rings is 1. The van der Waals surface area contributed by atoms with E-state index in [2.05, 4.69) is 4.98 Å². The van der Waals surface area contributed by atoms with Crippen molar-refractivity contribution in [1.82, 2.24) is 4.98 Å². The Kier molecular flexibility index (Phi) is 1.55. The highest BCUT2D eigenvalue weighted by Gasteiger charge is 2.08. The summed E-state index contributed by atoms with van der Waals surface area (Å²) < 4.78 is 0. The predicted octanol–water partition coefficient (Wildman–Crippen LogP) is 1.99. The lowest BCUT2D eigenvalue weighted by Gasteiger charge is -1.93. The lowest BCUT2D eigenvalue weighted by molar-refractivity contribution is 0.0699. The van der Waals surface area contributed by atoms with Crippen LogP contribution in [0.25, 0.3) is 10.2 Å². The molecule has 4 heteroatoms. The number of aromatic carboxylic acids is 1. The largest absolute Gasteiger partial charge is 0.478 e. The van der Waals surface area contributed by atoms with Crippen LogP contribution in [0, 0.1) is 0 Å². The van der Waals surface area contributed by atoms with E-state index in [1.807, 2.05) is 5.38 Å². The van der Waals surface area contributed by atoms with Gasteiger partial charge in [0.2, 0.25) is 0 Å². The molecule has 1 N–H and O–H groups in total. The van der Waals surface area contributed by atoms with Gasteiger partial charge in [-0.05, 0) is 17.5 Å². The van der Waals surface area contributed by atoms with Gasteiger partial charge in [-0.3, -0.25) is 0 Å². The van der Waals surface area contributed by atoms with Crippen molar-refractivity contribution in [3.63, 3.8) is 0 Å². The Morgan fingerprint density at radius 2 is 2.33 bits per heavy atom. The van der Waals surface area contributed by atoms with Gasteiger partial charge in [0.1, 0.15) is 4.83 Å². The molecule has 0 amide bonds. The minimum absolute atomic E-state index is 0.321. The minimum atomic E-state index is -0.902. The van der Waals surface area contributed by atoms with Crippen molar-refractivity contribution in [2.24, 2.45) is 0 Å². The van der Waals surface area contributed by atoms with Crippen LogP contribution in [0.15, 0.2) is 23.7 Å². The molecule has 0 radical (unpaired) electrons. The van der Waals surface area contributed by atoms with Crippen LogP contribution in [-0.2, 0) is 0 Å². The summed E-state index contributed by atoms with van der Waals surface area (Å²) in [5.74, 6) is -0.902. The summed E-state index contributed by atoms with van der Waals surface area (Å²) in [4.78, 5) is 15.5. The average molecular weight is 179 g/mol. The van der Waals surface area contributed by atoms with Crippen LogP contribution in [0.3, 0.4) is 0 Å². The Labute approximate surface area is 72.3 Å². The lowest BCUT2D eigenvalue weighted by atomic mass is 10.2. The first-order valence-corrected chi connectivity index (χ1v) is 4.22. The molecule has 0 aliphatic carbocycles. The van der Waals surface area contributed by atoms with Gasteiger partial charge in [0.15, 0.2) is 0 Å². The first kappa shape index (κ1) is 7.24. The molecular weight excluding hydrogens is 174 g/mol. The number of hydrogen-bond donors (Lipinski definition) is 1. The number of rotatable bonds is 1. The Morgan fingerprint density at radius 1 is 1.50 bits per heavy atom. The third-order valence-corrected chi connectivity index (χ3v) is 2.42. The topological polar surface area (TPSA) is 50.2 Å². The number of hydrogen-bond acceptors (Lipinski definition) is 3. The van der Waals surface area contributed by atoms with Gasteiger partial charge < -0.3 is 5.11 Å². The normalized spacial score (nSPS) is 10.3. The van der Waals surface area contributed by atoms with E-state index in [0.29, 0.717) is 5.56 Å². The fourth-order valence-electron chi connectivity index (χ4n) is 1.06. The highest BCUT2D eigenvalue weighted by Crippen LogP contribution is 2.21. The van der Waals surface area contributed by atoms with Crippen molar-refractivity contribution >= 4 is 27.5 Å². The smallest absolute Gasteiger partial charge is 0.336 e. The monoisotopic (exact) mass is 179 g/mol. The van der Waals surface area contributed by atoms with Crippen molar-refractivity contribution in [1.29, 1.82) is 0 Å². The standard InChI is InChI=1S/C8H5NO2S/c10-8(11)6-1-3-9-7-5(6)2-4-12-7/h1-4H,(H,10,11). The summed E-state index contributed by atoms with van der Waals surface area (Å²) in [6.07, 6.45) is 1.52. The van der Waals surface area contributed by atoms with E-state index in [1.54, 1.807) is 6.07 Å². The molecule has 2 rings (SSSR count). The first-order valence-electron chi connectivity index (χ1n) is 3.34. The summed E-state index contributed by atoms with van der Waals surface area (Å²) in [7, 11) is 0. The molecule has 0 saturated heterocycles. The fraction of sp³-hybridized carbons (Fsp3) is 0. The van der Waals surface area contributed by atoms with E-state index in [-0.39, 0.29) is 0 Å². The first-order chi connectivity index (χ1) is 5.79. The maximum Gasteiger partial charge on any atom is 0.336 e. The number of carboxylic acids is 1. The van der Waals surface area contributed by atoms with Gasteiger partial charge in [-0.1, -0.05) is 0 Å². The third kappa shape index (κ3) is 0.967. The van der Waals surface area contributed by atoms with E-state index in [4.69, 9.17) is 5.11 Å². The Bertz CT molecular complexity index is 435. The number of nitrogens with zero attached hydrogens (tertiary/aromatic N) is 1. The van der Waals surface area contributed by atoms with E-state index in [9.17, 15) is 4.79 Å². The van der Waals surface area contributed by atoms with Crippen LogP contribution in [0.2, 0.25) is 0 Å². The third-order valence-electron chi connectivity index (χ3n) is 1.60. The van der Waals surface area contributed by atoms with Crippen LogP contribution >= 0.6 is 11.3 Å². The predicted molar refractivity (Wildman–Crippen MR) is 46.6 cm³/mol. The van der Waals surface area contributed by atoms with Crippen LogP contribution in [0.1, 0.15) is 10.4 Å². The summed E-state index contributed by atoms with van der Waals surface area (Å²) >= 11 is 1.44. The zero-order chi connectivity index (χ0) is 8.55. The molecule has 0 spiro atoms. The maximum atomic E-state index is 10.7. The molecule has 0 unspecified atom stereocenters. The molecule has 0 fully saturated rings. The van der Waals surface area contributed by atoms with Crippen LogP contribution in [-0.4, -0.2) is 16.1 Å². The Hall–Kier alpha value is -1.42. The van der Waals surface area contributed by atoms with Crippen molar-refractivity contribution in [3.8, 4) is 0 Å². The second kappa shape index (κ2) is 2.57. The number of carboxylic acid groups (broad SMARTS) is 1. The van der Waals surface area contributed by atoms with Gasteiger partial charge in [0.05, 0.1) is 5.56 Å². The highest BCUT2D eigenvalue weighted by molar-refractivity contribution is 7.16. The molecule has 0 aromatic carbocycles. The molecule has 0 saturated carbocycles. The number of thiophene rings is 1. The minimum Gasteiger partial charge on any atom is -0.478 e. The SMILES string of the molecule is O=C(O)c1ccnc2sccc12. The number of carbonyl (C=O) groups is 1. The lowest BCUT2D eigenvalue weighted by Crippen LogP contribution is -1.96. The van der Waals surface area contributed by atoms with Gasteiger partial charge in [0, 0.05) is 11.6 Å². The maximum absolute atomic E-state index is 10.7. The van der Waals surface area contributed by atoms with E-state index >= 15 is 0 Å². The second-order valence-electron chi connectivity index (χ2n) is 2.30. The molecule has 60 valence electrons. The average Bonchev–Trinajstić information content (AvgIpc) is 2.49. The molecule has 0 bridgehead atoms. The van der Waals surface area contributed by atoms with E-state index < -0.39 is 5.97 Å². The van der Waals surface area contributed by atoms with Crippen LogP contribution in [0.5, 0.6) is 0 Å². The van der Waals surface area contributed by atoms with Crippen LogP contribution < -0.4 is 0 Å². The fourth-order valence-corrected chi connectivity index (χ4v) is 1.82. The van der Waals surface area contributed by atoms with Crippen molar-refractivity contribution in [2.45, 2.75) is 0 Å². The molecule has 0 aliphatic heterocycles. The summed E-state index contributed by atoms with van der Waals surface area (Å²) in [5, 5.41) is 11.3. The summed E-state index contributed by atoms with van der Waals surface area (Å²) in [5.41, 5.74) is 0.321. The molecule has 3 nitrogen and oxygen atoms in total. The molecule has 2 aromatic heterocycles. The second-order valence-corrected chi connectivity index (χ2v) is 3.20. The molecule has 0 atom stereocenters. The van der Waals surface area contributed by atoms with Crippen molar-refractivity contribution < 1.29 is 9.90 Å². The molecule has 2 aromatic rings. The van der Waals surface area contributed by atoms with Crippen molar-refractivity contribution in [3.05, 3.63) is 29.3 Å². The Balaban J connectivity index is 2.82. The van der Waals surface area contributed by atoms with Gasteiger partial charge in [-0.2, -0.15) is 0 Å². The Morgan fingerprint density at radius 3 is 3.08 bits per heavy atom. The molecule has 0 aliphatic rings. The molecule has 12 heavy (non-hydrogen) atoms. The number of aromatic nitrogens is 1. The molecule has 2 heterocycles.